The van der Waals surface area contributed by atoms with Gasteiger partial charge in [0.1, 0.15) is 5.52 Å². The van der Waals surface area contributed by atoms with Crippen LogP contribution >= 0.6 is 0 Å². The van der Waals surface area contributed by atoms with Crippen LogP contribution in [0.3, 0.4) is 0 Å². The number of hydrogen-bond acceptors (Lipinski definition) is 4. The van der Waals surface area contributed by atoms with E-state index in [9.17, 15) is 5.11 Å². The van der Waals surface area contributed by atoms with Gasteiger partial charge in [0.25, 0.3) is 0 Å². The molecule has 18 heavy (non-hydrogen) atoms. The first kappa shape index (κ1) is 12.9. The second kappa shape index (κ2) is 4.61. The van der Waals surface area contributed by atoms with E-state index in [4.69, 9.17) is 4.42 Å². The molecule has 1 aromatic heterocycles. The Bertz CT molecular complexity index is 540. The molecule has 0 radical (unpaired) electrons. The van der Waals surface area contributed by atoms with Gasteiger partial charge >= 0.3 is 0 Å². The highest BCUT2D eigenvalue weighted by Gasteiger charge is 2.22. The fourth-order valence-corrected chi connectivity index (χ4v) is 1.64. The van der Waals surface area contributed by atoms with Crippen LogP contribution in [0.1, 0.15) is 33.6 Å². The fourth-order valence-electron chi connectivity index (χ4n) is 1.64. The largest absolute Gasteiger partial charge is 0.441 e. The van der Waals surface area contributed by atoms with Gasteiger partial charge in [0.05, 0.1) is 11.6 Å². The van der Waals surface area contributed by atoms with Gasteiger partial charge < -0.3 is 14.8 Å². The maximum absolute atomic E-state index is 9.91. The molecule has 0 amide bonds. The van der Waals surface area contributed by atoms with Crippen molar-refractivity contribution >= 4 is 16.8 Å². The van der Waals surface area contributed by atoms with Crippen molar-refractivity contribution in [1.82, 2.24) is 4.98 Å². The molecule has 0 aliphatic rings. The van der Waals surface area contributed by atoms with Crippen molar-refractivity contribution in [3.63, 3.8) is 0 Å². The Balaban J connectivity index is 2.24. The van der Waals surface area contributed by atoms with Crippen molar-refractivity contribution in [3.8, 4) is 0 Å². The van der Waals surface area contributed by atoms with Crippen LogP contribution < -0.4 is 5.32 Å². The molecule has 0 saturated heterocycles. The van der Waals surface area contributed by atoms with Gasteiger partial charge in [-0.3, -0.25) is 0 Å². The van der Waals surface area contributed by atoms with E-state index in [1.54, 1.807) is 13.8 Å². The van der Waals surface area contributed by atoms with Crippen LogP contribution in [0.2, 0.25) is 0 Å². The van der Waals surface area contributed by atoms with Gasteiger partial charge in [-0.05, 0) is 39.0 Å². The lowest BCUT2D eigenvalue weighted by Gasteiger charge is -2.27. The average molecular weight is 248 g/mol. The monoisotopic (exact) mass is 248 g/mol. The second-order valence-electron chi connectivity index (χ2n) is 5.16. The third-order valence-electron chi connectivity index (χ3n) is 3.18. The summed E-state index contributed by atoms with van der Waals surface area (Å²) in [4.78, 5) is 4.39. The van der Waals surface area contributed by atoms with E-state index in [0.29, 0.717) is 0 Å². The first-order valence-electron chi connectivity index (χ1n) is 6.28. The van der Waals surface area contributed by atoms with Crippen molar-refractivity contribution in [2.75, 3.05) is 5.32 Å². The second-order valence-corrected chi connectivity index (χ2v) is 5.16. The predicted octanol–water partition coefficient (Wildman–Crippen LogP) is 2.96. The SMILES string of the molecule is CCc1nc2cc(NC(C)C(C)(C)O)ccc2o1. The number of nitrogens with zero attached hydrogens (tertiary/aromatic N) is 1. The van der Waals surface area contributed by atoms with E-state index in [-0.39, 0.29) is 6.04 Å². The first-order valence-corrected chi connectivity index (χ1v) is 6.28. The van der Waals surface area contributed by atoms with Crippen molar-refractivity contribution in [1.29, 1.82) is 0 Å². The molecule has 98 valence electrons. The summed E-state index contributed by atoms with van der Waals surface area (Å²) in [7, 11) is 0. The quantitative estimate of drug-likeness (QED) is 0.873. The smallest absolute Gasteiger partial charge is 0.195 e. The number of benzene rings is 1. The van der Waals surface area contributed by atoms with E-state index in [2.05, 4.69) is 10.3 Å². The Morgan fingerprint density at radius 2 is 2.17 bits per heavy atom. The topological polar surface area (TPSA) is 58.3 Å². The van der Waals surface area contributed by atoms with Gasteiger partial charge in [-0.2, -0.15) is 0 Å². The number of hydrogen-bond donors (Lipinski definition) is 2. The van der Waals surface area contributed by atoms with Gasteiger partial charge in [0.15, 0.2) is 11.5 Å². The molecule has 1 heterocycles. The zero-order chi connectivity index (χ0) is 13.3. The average Bonchev–Trinajstić information content (AvgIpc) is 2.69. The molecule has 4 heteroatoms. The molecule has 2 N–H and O–H groups in total. The maximum Gasteiger partial charge on any atom is 0.195 e. The van der Waals surface area contributed by atoms with E-state index in [0.717, 1.165) is 29.1 Å². The molecule has 0 bridgehead atoms. The summed E-state index contributed by atoms with van der Waals surface area (Å²) < 4.78 is 5.56. The summed E-state index contributed by atoms with van der Waals surface area (Å²) in [6, 6.07) is 5.74. The Labute approximate surface area is 107 Å². The molecule has 1 aromatic carbocycles. The molecule has 0 spiro atoms. The molecule has 0 saturated carbocycles. The van der Waals surface area contributed by atoms with Crippen LogP contribution in [-0.2, 0) is 6.42 Å². The summed E-state index contributed by atoms with van der Waals surface area (Å²) in [5.74, 6) is 0.748. The number of fused-ring (bicyclic) bond motifs is 1. The Morgan fingerprint density at radius 3 is 2.78 bits per heavy atom. The van der Waals surface area contributed by atoms with Crippen LogP contribution in [0, 0.1) is 0 Å². The fraction of sp³-hybridized carbons (Fsp3) is 0.500. The third kappa shape index (κ3) is 2.64. The number of anilines is 1. The summed E-state index contributed by atoms with van der Waals surface area (Å²) in [5, 5.41) is 13.2. The van der Waals surface area contributed by atoms with Crippen molar-refractivity contribution in [2.24, 2.45) is 0 Å². The third-order valence-corrected chi connectivity index (χ3v) is 3.18. The Hall–Kier alpha value is -1.55. The Kier molecular flexibility index (Phi) is 3.30. The van der Waals surface area contributed by atoms with Gasteiger partial charge in [-0.25, -0.2) is 4.98 Å². The predicted molar refractivity (Wildman–Crippen MR) is 72.8 cm³/mol. The van der Waals surface area contributed by atoms with E-state index in [1.165, 1.54) is 0 Å². The summed E-state index contributed by atoms with van der Waals surface area (Å²) >= 11 is 0. The van der Waals surface area contributed by atoms with Crippen LogP contribution in [-0.4, -0.2) is 21.7 Å². The van der Waals surface area contributed by atoms with Crippen LogP contribution in [0.25, 0.3) is 11.1 Å². The minimum absolute atomic E-state index is 0.0486. The highest BCUT2D eigenvalue weighted by molar-refractivity contribution is 5.77. The van der Waals surface area contributed by atoms with E-state index < -0.39 is 5.60 Å². The standard InChI is InChI=1S/C14H20N2O2/c1-5-13-16-11-8-10(6-7-12(11)18-13)15-9(2)14(3,4)17/h6-9,15,17H,5H2,1-4H3. The Morgan fingerprint density at radius 1 is 1.44 bits per heavy atom. The molecule has 4 nitrogen and oxygen atoms in total. The molecular formula is C14H20N2O2. The lowest BCUT2D eigenvalue weighted by atomic mass is 10.0. The molecular weight excluding hydrogens is 228 g/mol. The number of nitrogens with one attached hydrogen (secondary N) is 1. The number of aliphatic hydroxyl groups is 1. The van der Waals surface area contributed by atoms with Crippen molar-refractivity contribution in [3.05, 3.63) is 24.1 Å². The molecule has 0 fully saturated rings. The van der Waals surface area contributed by atoms with Crippen molar-refractivity contribution in [2.45, 2.75) is 45.8 Å². The van der Waals surface area contributed by atoms with E-state index in [1.807, 2.05) is 32.0 Å². The molecule has 0 aliphatic heterocycles. The van der Waals surface area contributed by atoms with Gasteiger partial charge in [0, 0.05) is 12.1 Å². The molecule has 0 aliphatic carbocycles. The zero-order valence-corrected chi connectivity index (χ0v) is 11.3. The maximum atomic E-state index is 9.91. The minimum Gasteiger partial charge on any atom is -0.441 e. The van der Waals surface area contributed by atoms with Gasteiger partial charge in [-0.15, -0.1) is 0 Å². The number of oxazole rings is 1. The van der Waals surface area contributed by atoms with Crippen LogP contribution in [0.4, 0.5) is 5.69 Å². The summed E-state index contributed by atoms with van der Waals surface area (Å²) in [6.07, 6.45) is 0.789. The molecule has 2 aromatic rings. The van der Waals surface area contributed by atoms with E-state index >= 15 is 0 Å². The highest BCUT2D eigenvalue weighted by atomic mass is 16.3. The molecule has 1 unspecified atom stereocenters. The molecule has 1 atom stereocenters. The van der Waals surface area contributed by atoms with Gasteiger partial charge in [-0.1, -0.05) is 6.92 Å². The first-order chi connectivity index (χ1) is 8.40. The molecule has 2 rings (SSSR count). The number of aryl methyl sites for hydroxylation is 1. The van der Waals surface area contributed by atoms with Crippen LogP contribution in [0.15, 0.2) is 22.6 Å². The summed E-state index contributed by atoms with van der Waals surface area (Å²) in [6.45, 7) is 7.54. The number of rotatable bonds is 4. The zero-order valence-electron chi connectivity index (χ0n) is 11.3. The van der Waals surface area contributed by atoms with Gasteiger partial charge in [0.2, 0.25) is 0 Å². The lowest BCUT2D eigenvalue weighted by Crippen LogP contribution is -2.39. The minimum atomic E-state index is -0.770. The normalized spacial score (nSPS) is 13.8. The van der Waals surface area contributed by atoms with Crippen molar-refractivity contribution < 1.29 is 9.52 Å². The lowest BCUT2D eigenvalue weighted by molar-refractivity contribution is 0.0649. The number of aromatic nitrogens is 1. The van der Waals surface area contributed by atoms with Crippen LogP contribution in [0.5, 0.6) is 0 Å². The summed E-state index contributed by atoms with van der Waals surface area (Å²) in [5.41, 5.74) is 1.81. The highest BCUT2D eigenvalue weighted by Crippen LogP contribution is 2.22.